The lowest BCUT2D eigenvalue weighted by Crippen LogP contribution is -2.44. The Morgan fingerprint density at radius 3 is 2.34 bits per heavy atom. The molecule has 2 amide bonds. The molecule has 178 valence electrons. The molecule has 1 atom stereocenters. The molecule has 0 aliphatic carbocycles. The molecule has 0 saturated carbocycles. The van der Waals surface area contributed by atoms with Crippen LogP contribution >= 0.6 is 0 Å². The first-order valence-electron chi connectivity index (χ1n) is 11.8. The number of hydrogen-bond donors (Lipinski definition) is 3. The maximum absolute atomic E-state index is 13.3. The van der Waals surface area contributed by atoms with E-state index in [2.05, 4.69) is 10.6 Å². The van der Waals surface area contributed by atoms with Crippen molar-refractivity contribution in [3.8, 4) is 11.5 Å². The van der Waals surface area contributed by atoms with Crippen molar-refractivity contribution in [2.45, 2.75) is 25.3 Å². The first-order chi connectivity index (χ1) is 17.2. The molecule has 0 bridgehead atoms. The van der Waals surface area contributed by atoms with Crippen molar-refractivity contribution in [3.63, 3.8) is 0 Å². The molecule has 0 unspecified atom stereocenters. The first kappa shape index (κ1) is 24.0. The van der Waals surface area contributed by atoms with Crippen molar-refractivity contribution in [2.75, 3.05) is 11.9 Å². The van der Waals surface area contributed by atoms with Crippen LogP contribution in [0.15, 0.2) is 97.1 Å². The van der Waals surface area contributed by atoms with Crippen LogP contribution in [0.5, 0.6) is 11.5 Å². The Morgan fingerprint density at radius 1 is 0.800 bits per heavy atom. The molecule has 0 radical (unpaired) electrons. The second-order valence-corrected chi connectivity index (χ2v) is 8.24. The molecule has 0 aromatic heterocycles. The van der Waals surface area contributed by atoms with Gasteiger partial charge in [0.25, 0.3) is 5.91 Å². The summed E-state index contributed by atoms with van der Waals surface area (Å²) in [7, 11) is 0. The largest absolute Gasteiger partial charge is 0.455 e. The van der Waals surface area contributed by atoms with Gasteiger partial charge < -0.3 is 21.1 Å². The number of anilines is 1. The van der Waals surface area contributed by atoms with Crippen molar-refractivity contribution in [3.05, 3.63) is 103 Å². The number of rotatable bonds is 10. The van der Waals surface area contributed by atoms with Gasteiger partial charge in [-0.2, -0.15) is 0 Å². The summed E-state index contributed by atoms with van der Waals surface area (Å²) in [5.41, 5.74) is 6.72. The molecule has 0 spiro atoms. The molecule has 0 fully saturated rings. The predicted octanol–water partition coefficient (Wildman–Crippen LogP) is 5.50. The maximum atomic E-state index is 13.3. The number of hydrogen-bond acceptors (Lipinski definition) is 4. The summed E-state index contributed by atoms with van der Waals surface area (Å²) in [4.78, 5) is 26.6. The average Bonchev–Trinajstić information content (AvgIpc) is 2.89. The third kappa shape index (κ3) is 6.25. The molecule has 0 aliphatic rings. The smallest absolute Gasteiger partial charge is 0.252 e. The number of carbonyl (C=O) groups is 2. The Bertz CT molecular complexity index is 1290. The first-order valence-corrected chi connectivity index (χ1v) is 11.8. The fourth-order valence-electron chi connectivity index (χ4n) is 3.92. The van der Waals surface area contributed by atoms with E-state index in [9.17, 15) is 9.59 Å². The summed E-state index contributed by atoms with van der Waals surface area (Å²) in [6, 6.07) is 29.2. The molecule has 4 N–H and O–H groups in total. The summed E-state index contributed by atoms with van der Waals surface area (Å²) in [6.07, 6.45) is 1.95. The van der Waals surface area contributed by atoms with Crippen LogP contribution in [0.25, 0.3) is 10.8 Å². The normalized spacial score (nSPS) is 11.6. The van der Waals surface area contributed by atoms with E-state index < -0.39 is 6.04 Å². The van der Waals surface area contributed by atoms with E-state index in [1.807, 2.05) is 78.9 Å². The van der Waals surface area contributed by atoms with Crippen molar-refractivity contribution in [1.82, 2.24) is 5.32 Å². The molecule has 6 heteroatoms. The lowest BCUT2D eigenvalue weighted by Gasteiger charge is -2.20. The Labute approximate surface area is 205 Å². The van der Waals surface area contributed by atoms with Gasteiger partial charge in [-0.3, -0.25) is 9.59 Å². The fourth-order valence-corrected chi connectivity index (χ4v) is 3.92. The zero-order valence-corrected chi connectivity index (χ0v) is 19.4. The van der Waals surface area contributed by atoms with Gasteiger partial charge >= 0.3 is 0 Å². The van der Waals surface area contributed by atoms with E-state index in [4.69, 9.17) is 10.5 Å². The second kappa shape index (κ2) is 11.8. The van der Waals surface area contributed by atoms with Crippen LogP contribution in [0.3, 0.4) is 0 Å². The Morgan fingerprint density at radius 2 is 1.51 bits per heavy atom. The quantitative estimate of drug-likeness (QED) is 0.269. The number of fused-ring (bicyclic) bond motifs is 1. The zero-order valence-electron chi connectivity index (χ0n) is 19.4. The van der Waals surface area contributed by atoms with Crippen LogP contribution in [0, 0.1) is 0 Å². The van der Waals surface area contributed by atoms with E-state index in [0.29, 0.717) is 42.1 Å². The molecule has 4 aromatic rings. The van der Waals surface area contributed by atoms with E-state index in [0.717, 1.165) is 17.2 Å². The molecule has 6 nitrogen and oxygen atoms in total. The van der Waals surface area contributed by atoms with Crippen LogP contribution in [-0.2, 0) is 4.79 Å². The van der Waals surface area contributed by atoms with Gasteiger partial charge in [-0.1, -0.05) is 66.7 Å². The van der Waals surface area contributed by atoms with Gasteiger partial charge in [0.05, 0.1) is 5.69 Å². The van der Waals surface area contributed by atoms with Gasteiger partial charge in [0.1, 0.15) is 11.8 Å². The van der Waals surface area contributed by atoms with Gasteiger partial charge in [-0.15, -0.1) is 0 Å². The predicted molar refractivity (Wildman–Crippen MR) is 140 cm³/mol. The topological polar surface area (TPSA) is 93.5 Å². The molecule has 4 aromatic carbocycles. The van der Waals surface area contributed by atoms with Crippen molar-refractivity contribution in [1.29, 1.82) is 0 Å². The summed E-state index contributed by atoms with van der Waals surface area (Å²) >= 11 is 0. The molecular formula is C29H29N3O3. The van der Waals surface area contributed by atoms with E-state index in [-0.39, 0.29) is 11.8 Å². The van der Waals surface area contributed by atoms with Crippen LogP contribution < -0.4 is 21.1 Å². The highest BCUT2D eigenvalue weighted by Crippen LogP contribution is 2.29. The van der Waals surface area contributed by atoms with Crippen molar-refractivity contribution < 1.29 is 14.3 Å². The SMILES string of the molecule is NCCCC[C@H](NC(=O)c1cccc2ccccc12)C(=O)Nc1ccccc1Oc1ccccc1. The average molecular weight is 468 g/mol. The van der Waals surface area contributed by atoms with E-state index >= 15 is 0 Å². The van der Waals surface area contributed by atoms with Crippen LogP contribution in [0.4, 0.5) is 5.69 Å². The maximum Gasteiger partial charge on any atom is 0.252 e. The minimum absolute atomic E-state index is 0.288. The van der Waals surface area contributed by atoms with Crippen LogP contribution in [0.1, 0.15) is 29.6 Å². The Kier molecular flexibility index (Phi) is 8.09. The number of unbranched alkanes of at least 4 members (excludes halogenated alkanes) is 1. The standard InChI is InChI=1S/C29H29N3O3/c30-20-9-8-18-26(32-28(33)24-16-10-12-21-11-4-5-15-23(21)24)29(34)31-25-17-6-7-19-27(25)35-22-13-2-1-3-14-22/h1-7,10-17,19,26H,8-9,18,20,30H2,(H,31,34)(H,32,33)/t26-/m0/s1. The summed E-state index contributed by atoms with van der Waals surface area (Å²) < 4.78 is 5.97. The monoisotopic (exact) mass is 467 g/mol. The molecule has 4 rings (SSSR count). The minimum Gasteiger partial charge on any atom is -0.455 e. The number of nitrogens with two attached hydrogens (primary N) is 1. The third-order valence-electron chi connectivity index (χ3n) is 5.72. The van der Waals surface area contributed by atoms with Crippen LogP contribution in [-0.4, -0.2) is 24.4 Å². The second-order valence-electron chi connectivity index (χ2n) is 8.24. The molecule has 0 aliphatic heterocycles. The van der Waals surface area contributed by atoms with Gasteiger partial charge in [0.2, 0.25) is 5.91 Å². The lowest BCUT2D eigenvalue weighted by atomic mass is 10.0. The van der Waals surface area contributed by atoms with Gasteiger partial charge in [0, 0.05) is 5.56 Å². The number of ether oxygens (including phenoxy) is 1. The van der Waals surface area contributed by atoms with Gasteiger partial charge in [0.15, 0.2) is 5.75 Å². The summed E-state index contributed by atoms with van der Waals surface area (Å²) in [5, 5.41) is 7.69. The highest BCUT2D eigenvalue weighted by molar-refractivity contribution is 6.09. The fraction of sp³-hybridized carbons (Fsp3) is 0.172. The summed E-state index contributed by atoms with van der Waals surface area (Å²) in [5.74, 6) is 0.592. The number of benzene rings is 4. The Hall–Kier alpha value is -4.16. The highest BCUT2D eigenvalue weighted by Gasteiger charge is 2.23. The minimum atomic E-state index is -0.724. The van der Waals surface area contributed by atoms with Gasteiger partial charge in [-0.05, 0) is 66.9 Å². The number of para-hydroxylation sites is 3. The molecule has 0 heterocycles. The summed E-state index contributed by atoms with van der Waals surface area (Å²) in [6.45, 7) is 0.527. The number of nitrogens with one attached hydrogen (secondary N) is 2. The van der Waals surface area contributed by atoms with E-state index in [1.165, 1.54) is 0 Å². The highest BCUT2D eigenvalue weighted by atomic mass is 16.5. The third-order valence-corrected chi connectivity index (χ3v) is 5.72. The lowest BCUT2D eigenvalue weighted by molar-refractivity contribution is -0.118. The zero-order chi connectivity index (χ0) is 24.5. The molecular weight excluding hydrogens is 438 g/mol. The van der Waals surface area contributed by atoms with Crippen LogP contribution in [0.2, 0.25) is 0 Å². The van der Waals surface area contributed by atoms with Crippen molar-refractivity contribution in [2.24, 2.45) is 5.73 Å². The number of amides is 2. The molecule has 35 heavy (non-hydrogen) atoms. The molecule has 0 saturated heterocycles. The van der Waals surface area contributed by atoms with E-state index in [1.54, 1.807) is 18.2 Å². The number of carbonyl (C=O) groups excluding carboxylic acids is 2. The Balaban J connectivity index is 1.53. The van der Waals surface area contributed by atoms with Gasteiger partial charge in [-0.25, -0.2) is 0 Å². The van der Waals surface area contributed by atoms with Crippen molar-refractivity contribution >= 4 is 28.3 Å².